The molecule has 0 aromatic heterocycles. The SMILES string of the molecule is C[Si](C)O[Si](C)(C)CC[Si](C)(O[Si](C)(C)C)O[Si](C)(C)C. The molecule has 0 saturated carbocycles. The topological polar surface area (TPSA) is 27.7 Å². The lowest BCUT2D eigenvalue weighted by atomic mass is 10.9. The van der Waals surface area contributed by atoms with E-state index in [-0.39, 0.29) is 0 Å². The molecule has 21 heavy (non-hydrogen) atoms. The zero-order valence-electron chi connectivity index (χ0n) is 16.1. The fraction of sp³-hybridized carbons (Fsp3) is 1.00. The molecule has 0 amide bonds. The summed E-state index contributed by atoms with van der Waals surface area (Å²) in [6.45, 7) is 25.0. The summed E-state index contributed by atoms with van der Waals surface area (Å²) in [6.07, 6.45) is 0. The number of hydrogen-bond acceptors (Lipinski definition) is 3. The van der Waals surface area contributed by atoms with Crippen molar-refractivity contribution in [2.45, 2.75) is 84.1 Å². The van der Waals surface area contributed by atoms with Gasteiger partial charge in [-0.2, -0.15) is 0 Å². The van der Waals surface area contributed by atoms with Gasteiger partial charge in [-0.15, -0.1) is 0 Å². The van der Waals surface area contributed by atoms with Crippen LogP contribution in [0.4, 0.5) is 0 Å². The molecule has 8 heteroatoms. The maximum atomic E-state index is 6.57. The van der Waals surface area contributed by atoms with Crippen LogP contribution in [0.2, 0.25) is 84.1 Å². The van der Waals surface area contributed by atoms with Gasteiger partial charge in [-0.05, 0) is 84.1 Å². The quantitative estimate of drug-likeness (QED) is 0.511. The summed E-state index contributed by atoms with van der Waals surface area (Å²) < 4.78 is 19.4. The summed E-state index contributed by atoms with van der Waals surface area (Å²) in [4.78, 5) is 0. The molecule has 0 rings (SSSR count). The predicted molar refractivity (Wildman–Crippen MR) is 106 cm³/mol. The maximum Gasteiger partial charge on any atom is 0.314 e. The Morgan fingerprint density at radius 2 is 1.05 bits per heavy atom. The van der Waals surface area contributed by atoms with Crippen LogP contribution in [0.1, 0.15) is 0 Å². The summed E-state index contributed by atoms with van der Waals surface area (Å²) in [6, 6.07) is 2.23. The Bertz CT molecular complexity index is 305. The first kappa shape index (κ1) is 22.0. The summed E-state index contributed by atoms with van der Waals surface area (Å²) in [5, 5.41) is 0. The van der Waals surface area contributed by atoms with Crippen LogP contribution in [0.15, 0.2) is 0 Å². The third-order valence-corrected chi connectivity index (χ3v) is 18.0. The van der Waals surface area contributed by atoms with Crippen molar-refractivity contribution in [2.75, 3.05) is 0 Å². The maximum absolute atomic E-state index is 6.57. The van der Waals surface area contributed by atoms with Crippen LogP contribution in [0.5, 0.6) is 0 Å². The lowest BCUT2D eigenvalue weighted by Crippen LogP contribution is -2.53. The van der Waals surface area contributed by atoms with Gasteiger partial charge in [0.2, 0.25) is 0 Å². The fourth-order valence-corrected chi connectivity index (χ4v) is 23.3. The van der Waals surface area contributed by atoms with E-state index in [0.717, 1.165) is 12.1 Å². The molecule has 127 valence electrons. The van der Waals surface area contributed by atoms with E-state index in [1.54, 1.807) is 0 Å². The van der Waals surface area contributed by atoms with Gasteiger partial charge in [0, 0.05) is 0 Å². The molecule has 0 spiro atoms. The van der Waals surface area contributed by atoms with Crippen LogP contribution in [0.3, 0.4) is 0 Å². The molecule has 0 aliphatic rings. The molecule has 0 saturated heterocycles. The van der Waals surface area contributed by atoms with E-state index >= 15 is 0 Å². The molecule has 0 aliphatic carbocycles. The lowest BCUT2D eigenvalue weighted by molar-refractivity contribution is 0.384. The van der Waals surface area contributed by atoms with E-state index in [1.807, 2.05) is 0 Å². The van der Waals surface area contributed by atoms with Crippen molar-refractivity contribution >= 4 is 42.6 Å². The van der Waals surface area contributed by atoms with Gasteiger partial charge in [-0.25, -0.2) is 0 Å². The van der Waals surface area contributed by atoms with Crippen LogP contribution in [0.25, 0.3) is 0 Å². The first-order valence-corrected chi connectivity index (χ1v) is 22.8. The summed E-state index contributed by atoms with van der Waals surface area (Å²) in [5.41, 5.74) is 0. The van der Waals surface area contributed by atoms with Gasteiger partial charge in [-0.3, -0.25) is 0 Å². The second-order valence-electron chi connectivity index (χ2n) is 8.83. The Balaban J connectivity index is 4.91. The largest absolute Gasteiger partial charge is 0.456 e. The molecule has 0 aromatic rings. The van der Waals surface area contributed by atoms with Crippen molar-refractivity contribution in [2.24, 2.45) is 0 Å². The van der Waals surface area contributed by atoms with Crippen molar-refractivity contribution in [3.05, 3.63) is 0 Å². The molecule has 0 aliphatic heterocycles. The molecule has 0 atom stereocenters. The van der Waals surface area contributed by atoms with Crippen molar-refractivity contribution in [1.82, 2.24) is 0 Å². The van der Waals surface area contributed by atoms with E-state index in [2.05, 4.69) is 72.0 Å². The van der Waals surface area contributed by atoms with Crippen LogP contribution < -0.4 is 0 Å². The van der Waals surface area contributed by atoms with E-state index in [4.69, 9.17) is 12.3 Å². The molecule has 3 nitrogen and oxygen atoms in total. The molecule has 0 fully saturated rings. The van der Waals surface area contributed by atoms with Gasteiger partial charge < -0.3 is 12.3 Å². The van der Waals surface area contributed by atoms with E-state index < -0.39 is 42.6 Å². The lowest BCUT2D eigenvalue weighted by Gasteiger charge is -2.40. The minimum Gasteiger partial charge on any atom is -0.456 e. The third kappa shape index (κ3) is 12.1. The molecule has 0 unspecified atom stereocenters. The summed E-state index contributed by atoms with van der Waals surface area (Å²) >= 11 is 0. The van der Waals surface area contributed by atoms with Gasteiger partial charge >= 0.3 is 8.56 Å². The number of hydrogen-bond donors (Lipinski definition) is 0. The fourth-order valence-electron chi connectivity index (χ4n) is 2.55. The van der Waals surface area contributed by atoms with Gasteiger partial charge in [-0.1, -0.05) is 0 Å². The van der Waals surface area contributed by atoms with E-state index in [0.29, 0.717) is 0 Å². The Morgan fingerprint density at radius 1 is 0.667 bits per heavy atom. The Labute approximate surface area is 139 Å². The van der Waals surface area contributed by atoms with Crippen LogP contribution in [0, 0.1) is 0 Å². The zero-order valence-corrected chi connectivity index (χ0v) is 21.1. The van der Waals surface area contributed by atoms with Crippen molar-refractivity contribution in [3.63, 3.8) is 0 Å². The second-order valence-corrected chi connectivity index (χ2v) is 28.3. The highest BCUT2D eigenvalue weighted by Crippen LogP contribution is 2.29. The van der Waals surface area contributed by atoms with Gasteiger partial charge in [0.1, 0.15) is 0 Å². The van der Waals surface area contributed by atoms with Crippen molar-refractivity contribution in [1.29, 1.82) is 0 Å². The molecule has 1 radical (unpaired) electrons. The average Bonchev–Trinajstić information content (AvgIpc) is 2.06. The minimum absolute atomic E-state index is 0.615. The van der Waals surface area contributed by atoms with Crippen LogP contribution >= 0.6 is 0 Å². The van der Waals surface area contributed by atoms with Crippen LogP contribution in [-0.4, -0.2) is 42.6 Å². The standard InChI is InChI=1S/C13H37O3Si5/c1-17(2)14-20(9,10)12-13-21(11,15-18(3,4)5)16-19(6,7)8/h12-13H2,1-11H3. The normalized spacial score (nSPS) is 14.9. The monoisotopic (exact) mass is 381 g/mol. The molecular formula is C13H37O3Si5. The highest BCUT2D eigenvalue weighted by Gasteiger charge is 2.41. The van der Waals surface area contributed by atoms with E-state index in [9.17, 15) is 0 Å². The smallest absolute Gasteiger partial charge is 0.314 e. The highest BCUT2D eigenvalue weighted by atomic mass is 28.5. The van der Waals surface area contributed by atoms with Gasteiger partial charge in [0.25, 0.3) is 0 Å². The minimum atomic E-state index is -2.09. The molecule has 0 N–H and O–H groups in total. The predicted octanol–water partition coefficient (Wildman–Crippen LogP) is 5.23. The Morgan fingerprint density at radius 3 is 1.33 bits per heavy atom. The zero-order chi connectivity index (χ0) is 17.1. The molecule has 0 bridgehead atoms. The summed E-state index contributed by atoms with van der Waals surface area (Å²) in [7, 11) is -7.44. The van der Waals surface area contributed by atoms with Gasteiger partial charge in [0.05, 0.1) is 0 Å². The molecule has 0 aromatic carbocycles. The molecule has 0 heterocycles. The third-order valence-electron chi connectivity index (χ3n) is 2.71. The molecular weight excluding hydrogens is 345 g/mol. The average molecular weight is 382 g/mol. The second kappa shape index (κ2) is 7.69. The highest BCUT2D eigenvalue weighted by molar-refractivity contribution is 6.88. The first-order chi connectivity index (χ1) is 9.04. The van der Waals surface area contributed by atoms with Crippen LogP contribution in [-0.2, 0) is 12.3 Å². The summed E-state index contributed by atoms with van der Waals surface area (Å²) in [5.74, 6) is 0. The van der Waals surface area contributed by atoms with E-state index in [1.165, 1.54) is 0 Å². The number of rotatable bonds is 9. The van der Waals surface area contributed by atoms with Crippen molar-refractivity contribution in [3.8, 4) is 0 Å². The first-order valence-electron chi connectivity index (χ1n) is 7.93. The van der Waals surface area contributed by atoms with Crippen molar-refractivity contribution < 1.29 is 12.3 Å². The Kier molecular flexibility index (Phi) is 8.04. The Hall–Kier alpha value is 0.964. The van der Waals surface area contributed by atoms with Gasteiger partial charge in [0.15, 0.2) is 34.0 Å².